The van der Waals surface area contributed by atoms with Gasteiger partial charge in [-0.25, -0.2) is 0 Å². The molecule has 34 heavy (non-hydrogen) atoms. The zero-order valence-electron chi connectivity index (χ0n) is 18.7. The first-order chi connectivity index (χ1) is 16.2. The van der Waals surface area contributed by atoms with Gasteiger partial charge in [0.05, 0.1) is 14.2 Å². The van der Waals surface area contributed by atoms with Gasteiger partial charge in [0, 0.05) is 40.6 Å². The van der Waals surface area contributed by atoms with Crippen molar-refractivity contribution in [2.45, 2.75) is 31.3 Å². The van der Waals surface area contributed by atoms with Crippen LogP contribution in [-0.2, 0) is 9.59 Å². The van der Waals surface area contributed by atoms with Crippen molar-refractivity contribution in [2.24, 2.45) is 5.92 Å². The van der Waals surface area contributed by atoms with E-state index >= 15 is 0 Å². The van der Waals surface area contributed by atoms with Gasteiger partial charge in [-0.1, -0.05) is 42.3 Å². The SMILES string of the molecule is COc1cc(OC)c2c(c1Cl)O[C@@]1(C(=O)C3=C(C[C@H]1C)NC(=O)C[C@@H]3c1ccc(Cl)cc1)C2=O. The molecule has 2 aromatic carbocycles. The van der Waals surface area contributed by atoms with Crippen LogP contribution in [0.25, 0.3) is 0 Å². The Labute approximate surface area is 206 Å². The molecule has 2 aromatic rings. The largest absolute Gasteiger partial charge is 0.496 e. The Morgan fingerprint density at radius 2 is 1.68 bits per heavy atom. The van der Waals surface area contributed by atoms with Gasteiger partial charge in [0.25, 0.3) is 0 Å². The summed E-state index contributed by atoms with van der Waals surface area (Å²) in [5.41, 5.74) is -0.0759. The highest BCUT2D eigenvalue weighted by atomic mass is 35.5. The first-order valence-corrected chi connectivity index (χ1v) is 11.5. The van der Waals surface area contributed by atoms with Gasteiger partial charge in [-0.05, 0) is 24.1 Å². The first-order valence-electron chi connectivity index (χ1n) is 10.7. The Morgan fingerprint density at radius 1 is 1.00 bits per heavy atom. The fourth-order valence-corrected chi connectivity index (χ4v) is 5.56. The molecule has 3 atom stereocenters. The monoisotopic (exact) mass is 501 g/mol. The molecule has 176 valence electrons. The number of allylic oxidation sites excluding steroid dienone is 1. The Morgan fingerprint density at radius 3 is 2.32 bits per heavy atom. The van der Waals surface area contributed by atoms with Crippen LogP contribution in [0.2, 0.25) is 10.0 Å². The van der Waals surface area contributed by atoms with Crippen LogP contribution in [0.5, 0.6) is 17.2 Å². The number of amides is 1. The van der Waals surface area contributed by atoms with Crippen molar-refractivity contribution < 1.29 is 28.6 Å². The van der Waals surface area contributed by atoms with E-state index < -0.39 is 29.0 Å². The number of benzene rings is 2. The maximum Gasteiger partial charge on any atom is 0.236 e. The van der Waals surface area contributed by atoms with Crippen molar-refractivity contribution in [3.63, 3.8) is 0 Å². The Balaban J connectivity index is 1.67. The van der Waals surface area contributed by atoms with Gasteiger partial charge in [0.2, 0.25) is 23.1 Å². The van der Waals surface area contributed by atoms with Gasteiger partial charge in [-0.3, -0.25) is 14.4 Å². The van der Waals surface area contributed by atoms with Gasteiger partial charge in [0.1, 0.15) is 22.1 Å². The number of fused-ring (bicyclic) bond motifs is 1. The first kappa shape index (κ1) is 22.7. The standard InChI is InChI=1S/C25H21Cl2NO6/c1-11-8-15-19(14(9-18(29)28-15)12-4-6-13(26)7-5-12)23(30)25(11)24(31)20-16(32-2)10-17(33-3)21(27)22(20)34-25/h4-7,10-11,14H,8-9H2,1-3H3,(H,28,29)/t11-,14-,25+/m1/s1. The van der Waals surface area contributed by atoms with Gasteiger partial charge < -0.3 is 19.5 Å². The summed E-state index contributed by atoms with van der Waals surface area (Å²) < 4.78 is 16.9. The molecule has 1 amide bonds. The zero-order chi connectivity index (χ0) is 24.4. The quantitative estimate of drug-likeness (QED) is 0.623. The van der Waals surface area contributed by atoms with E-state index in [1.807, 2.05) is 0 Å². The summed E-state index contributed by atoms with van der Waals surface area (Å²) in [6.07, 6.45) is 0.337. The van der Waals surface area contributed by atoms with Crippen LogP contribution < -0.4 is 19.5 Å². The number of ketones is 2. The molecule has 3 aliphatic rings. The van der Waals surface area contributed by atoms with Gasteiger partial charge in [-0.2, -0.15) is 0 Å². The van der Waals surface area contributed by atoms with E-state index in [4.69, 9.17) is 37.4 Å². The number of hydrogen-bond donors (Lipinski definition) is 1. The minimum atomic E-state index is -1.82. The third-order valence-electron chi connectivity index (χ3n) is 6.83. The highest BCUT2D eigenvalue weighted by Gasteiger charge is 2.63. The maximum atomic E-state index is 14.2. The van der Waals surface area contributed by atoms with Crippen molar-refractivity contribution in [2.75, 3.05) is 14.2 Å². The average Bonchev–Trinajstić information content (AvgIpc) is 3.13. The van der Waals surface area contributed by atoms with Crippen LogP contribution in [0.15, 0.2) is 41.6 Å². The summed E-state index contributed by atoms with van der Waals surface area (Å²) in [7, 11) is 2.85. The molecule has 2 aliphatic heterocycles. The molecule has 0 unspecified atom stereocenters. The molecule has 0 saturated heterocycles. The molecule has 0 radical (unpaired) electrons. The van der Waals surface area contributed by atoms with Crippen LogP contribution in [0.4, 0.5) is 0 Å². The van der Waals surface area contributed by atoms with E-state index in [1.54, 1.807) is 31.2 Å². The fraction of sp³-hybridized carbons (Fsp3) is 0.320. The Kier molecular flexibility index (Phi) is 5.37. The lowest BCUT2D eigenvalue weighted by molar-refractivity contribution is -0.131. The smallest absolute Gasteiger partial charge is 0.236 e. The van der Waals surface area contributed by atoms with E-state index in [1.165, 1.54) is 20.3 Å². The Hall–Kier alpha value is -3.03. The minimum Gasteiger partial charge on any atom is -0.496 e. The molecule has 1 N–H and O–H groups in total. The van der Waals surface area contributed by atoms with Gasteiger partial charge in [-0.15, -0.1) is 0 Å². The van der Waals surface area contributed by atoms with Crippen molar-refractivity contribution >= 4 is 40.7 Å². The Bertz CT molecular complexity index is 1290. The number of methoxy groups -OCH3 is 2. The summed E-state index contributed by atoms with van der Waals surface area (Å²) in [6.45, 7) is 1.75. The molecular formula is C25H21Cl2NO6. The van der Waals surface area contributed by atoms with Gasteiger partial charge in [0.15, 0.2) is 5.75 Å². The molecule has 5 rings (SSSR count). The van der Waals surface area contributed by atoms with Gasteiger partial charge >= 0.3 is 0 Å². The highest BCUT2D eigenvalue weighted by Crippen LogP contribution is 2.55. The number of Topliss-reactive ketones (excluding diaryl/α,β-unsaturated/α-hetero) is 2. The summed E-state index contributed by atoms with van der Waals surface area (Å²) in [5.74, 6) is -1.76. The molecule has 2 heterocycles. The second-order valence-electron chi connectivity index (χ2n) is 8.65. The number of carbonyl (C=O) groups excluding carboxylic acids is 3. The van der Waals surface area contributed by atoms with Crippen LogP contribution in [0, 0.1) is 5.92 Å². The number of carbonyl (C=O) groups is 3. The highest BCUT2D eigenvalue weighted by molar-refractivity contribution is 6.36. The van der Waals surface area contributed by atoms with E-state index in [0.717, 1.165) is 5.56 Å². The molecule has 9 heteroatoms. The summed E-state index contributed by atoms with van der Waals surface area (Å²) in [5, 5.41) is 3.47. The zero-order valence-corrected chi connectivity index (χ0v) is 20.2. The molecule has 1 spiro atoms. The number of halogens is 2. The van der Waals surface area contributed by atoms with Crippen LogP contribution in [0.1, 0.15) is 41.6 Å². The normalized spacial score (nSPS) is 25.6. The molecule has 7 nitrogen and oxygen atoms in total. The molecule has 0 aromatic heterocycles. The maximum absolute atomic E-state index is 14.2. The number of ether oxygens (including phenoxy) is 3. The third kappa shape index (κ3) is 3.07. The topological polar surface area (TPSA) is 90.9 Å². The molecule has 1 aliphatic carbocycles. The minimum absolute atomic E-state index is 0.0648. The van der Waals surface area contributed by atoms with Crippen LogP contribution in [0.3, 0.4) is 0 Å². The van der Waals surface area contributed by atoms with E-state index in [0.29, 0.717) is 16.3 Å². The molecule has 0 bridgehead atoms. The molecule has 0 saturated carbocycles. The molecular weight excluding hydrogens is 481 g/mol. The van der Waals surface area contributed by atoms with E-state index in [9.17, 15) is 14.4 Å². The second kappa shape index (κ2) is 8.03. The second-order valence-corrected chi connectivity index (χ2v) is 9.46. The van der Waals surface area contributed by atoms with E-state index in [-0.39, 0.29) is 46.6 Å². The number of nitrogens with one attached hydrogen (secondary N) is 1. The third-order valence-corrected chi connectivity index (χ3v) is 7.44. The van der Waals surface area contributed by atoms with E-state index in [2.05, 4.69) is 5.32 Å². The predicted octanol–water partition coefficient (Wildman–Crippen LogP) is 4.49. The van der Waals surface area contributed by atoms with Crippen molar-refractivity contribution in [1.29, 1.82) is 0 Å². The molecule has 0 fully saturated rings. The summed E-state index contributed by atoms with van der Waals surface area (Å²) in [4.78, 5) is 40.6. The summed E-state index contributed by atoms with van der Waals surface area (Å²) >= 11 is 12.5. The lowest BCUT2D eigenvalue weighted by Crippen LogP contribution is -2.59. The lowest BCUT2D eigenvalue weighted by Gasteiger charge is -2.41. The lowest BCUT2D eigenvalue weighted by atomic mass is 9.66. The number of hydrogen-bond acceptors (Lipinski definition) is 6. The van der Waals surface area contributed by atoms with Crippen molar-refractivity contribution in [1.82, 2.24) is 5.32 Å². The fourth-order valence-electron chi connectivity index (χ4n) is 5.17. The van der Waals surface area contributed by atoms with Crippen molar-refractivity contribution in [3.05, 3.63) is 62.8 Å². The van der Waals surface area contributed by atoms with Crippen LogP contribution in [-0.4, -0.2) is 37.3 Å². The summed E-state index contributed by atoms with van der Waals surface area (Å²) in [6, 6.07) is 8.48. The van der Waals surface area contributed by atoms with Crippen molar-refractivity contribution in [3.8, 4) is 17.2 Å². The number of rotatable bonds is 3. The average molecular weight is 502 g/mol. The van der Waals surface area contributed by atoms with Crippen LogP contribution >= 0.6 is 23.2 Å². The predicted molar refractivity (Wildman–Crippen MR) is 125 cm³/mol.